The summed E-state index contributed by atoms with van der Waals surface area (Å²) in [4.78, 5) is 25.5. The maximum atomic E-state index is 14.6. The fraction of sp³-hybridized carbons (Fsp3) is 0.500. The van der Waals surface area contributed by atoms with Crippen molar-refractivity contribution in [2.45, 2.75) is 57.3 Å². The Labute approximate surface area is 215 Å². The van der Waals surface area contributed by atoms with Gasteiger partial charge < -0.3 is 21.1 Å². The number of primary amides is 1. The molecule has 4 N–H and O–H groups in total. The molecule has 0 spiro atoms. The van der Waals surface area contributed by atoms with Crippen LogP contribution in [0.4, 0.5) is 30.8 Å². The van der Waals surface area contributed by atoms with Gasteiger partial charge in [0, 0.05) is 24.1 Å². The van der Waals surface area contributed by atoms with E-state index in [-0.39, 0.29) is 41.2 Å². The number of hydrogen-bond acceptors (Lipinski definition) is 7. The van der Waals surface area contributed by atoms with E-state index in [0.29, 0.717) is 49.9 Å². The second-order valence-electron chi connectivity index (χ2n) is 9.86. The predicted molar refractivity (Wildman–Crippen MR) is 133 cm³/mol. The van der Waals surface area contributed by atoms with E-state index in [1.165, 1.54) is 6.20 Å². The van der Waals surface area contributed by atoms with Crippen LogP contribution in [0.5, 0.6) is 0 Å². The summed E-state index contributed by atoms with van der Waals surface area (Å²) in [6.07, 6.45) is 3.00. The van der Waals surface area contributed by atoms with Crippen LogP contribution in [0, 0.1) is 17.0 Å². The van der Waals surface area contributed by atoms with Gasteiger partial charge in [0.1, 0.15) is 17.5 Å². The molecular formula is C24H27ClF3N7O2. The molecule has 13 heteroatoms. The fourth-order valence-corrected chi connectivity index (χ4v) is 5.19. The van der Waals surface area contributed by atoms with Crippen molar-refractivity contribution >= 4 is 46.3 Å². The van der Waals surface area contributed by atoms with Crippen LogP contribution in [0.15, 0.2) is 18.3 Å². The van der Waals surface area contributed by atoms with Gasteiger partial charge in [-0.25, -0.2) is 23.1 Å². The normalized spacial score (nSPS) is 26.2. The molecule has 2 aromatic heterocycles. The van der Waals surface area contributed by atoms with Crippen LogP contribution in [0.3, 0.4) is 0 Å². The molecule has 1 aliphatic heterocycles. The molecule has 0 unspecified atom stereocenters. The maximum absolute atomic E-state index is 14.6. The third-order valence-corrected chi connectivity index (χ3v) is 7.59. The number of hydrogen-bond donors (Lipinski definition) is 3. The van der Waals surface area contributed by atoms with Gasteiger partial charge in [-0.1, -0.05) is 18.5 Å². The van der Waals surface area contributed by atoms with Gasteiger partial charge in [-0.15, -0.1) is 0 Å². The molecule has 2 atom stereocenters. The van der Waals surface area contributed by atoms with Crippen molar-refractivity contribution in [1.29, 1.82) is 0 Å². The van der Waals surface area contributed by atoms with Crippen molar-refractivity contribution in [3.63, 3.8) is 0 Å². The molecule has 2 fully saturated rings. The third kappa shape index (κ3) is 5.04. The first kappa shape index (κ1) is 25.5. The van der Waals surface area contributed by atoms with Gasteiger partial charge in [0.2, 0.25) is 17.8 Å². The molecule has 37 heavy (non-hydrogen) atoms. The van der Waals surface area contributed by atoms with E-state index in [1.54, 1.807) is 4.57 Å². The van der Waals surface area contributed by atoms with Crippen LogP contribution in [-0.4, -0.2) is 50.9 Å². The fourth-order valence-electron chi connectivity index (χ4n) is 4.94. The van der Waals surface area contributed by atoms with Crippen LogP contribution in [0.2, 0.25) is 5.02 Å². The average Bonchev–Trinajstić information content (AvgIpc) is 3.20. The number of fused-ring (bicyclic) bond motifs is 1. The molecule has 1 amide bonds. The van der Waals surface area contributed by atoms with E-state index in [1.807, 2.05) is 6.92 Å². The first-order valence-corrected chi connectivity index (χ1v) is 12.5. The lowest BCUT2D eigenvalue weighted by Gasteiger charge is -2.35. The highest BCUT2D eigenvalue weighted by molar-refractivity contribution is 6.33. The number of amides is 1. The highest BCUT2D eigenvalue weighted by Gasteiger charge is 2.38. The summed E-state index contributed by atoms with van der Waals surface area (Å²) >= 11 is 6.13. The van der Waals surface area contributed by atoms with Crippen LogP contribution in [0.25, 0.3) is 11.2 Å². The summed E-state index contributed by atoms with van der Waals surface area (Å²) in [6, 6.07) is 1.06. The Morgan fingerprint density at radius 2 is 2.00 bits per heavy atom. The molecule has 1 saturated heterocycles. The zero-order chi connectivity index (χ0) is 26.3. The number of carbonyl (C=O) groups is 1. The smallest absolute Gasteiger partial charge is 0.225 e. The molecule has 2 aliphatic rings. The SMILES string of the molecule is C[C@]1(C(N)=O)CC[C@@H](n2c(Nc3c(F)cc(F)cc3Cl)nc3cnc(N[C@@H]4CCOC[C@H]4F)nc32)CC1. The van der Waals surface area contributed by atoms with Gasteiger partial charge in [0.05, 0.1) is 29.6 Å². The predicted octanol–water partition coefficient (Wildman–Crippen LogP) is 4.65. The van der Waals surface area contributed by atoms with Gasteiger partial charge in [-0.05, 0) is 38.2 Å². The number of imidazole rings is 1. The van der Waals surface area contributed by atoms with Crippen LogP contribution in [0.1, 0.15) is 45.1 Å². The van der Waals surface area contributed by atoms with E-state index in [2.05, 4.69) is 25.6 Å². The number of aromatic nitrogens is 4. The summed E-state index contributed by atoms with van der Waals surface area (Å²) in [5.41, 5.74) is 5.72. The van der Waals surface area contributed by atoms with Gasteiger partial charge in [0.15, 0.2) is 11.5 Å². The highest BCUT2D eigenvalue weighted by atomic mass is 35.5. The number of nitrogens with two attached hydrogens (primary N) is 1. The summed E-state index contributed by atoms with van der Waals surface area (Å²) in [5, 5.41) is 5.79. The van der Waals surface area contributed by atoms with E-state index in [9.17, 15) is 18.0 Å². The monoisotopic (exact) mass is 537 g/mol. The first-order chi connectivity index (χ1) is 17.6. The lowest BCUT2D eigenvalue weighted by Crippen LogP contribution is -2.39. The Morgan fingerprint density at radius 1 is 1.24 bits per heavy atom. The number of alkyl halides is 1. The maximum Gasteiger partial charge on any atom is 0.225 e. The molecule has 0 bridgehead atoms. The zero-order valence-corrected chi connectivity index (χ0v) is 20.9. The number of halogens is 4. The van der Waals surface area contributed by atoms with E-state index in [0.717, 1.165) is 12.1 Å². The van der Waals surface area contributed by atoms with Crippen LogP contribution >= 0.6 is 11.6 Å². The first-order valence-electron chi connectivity index (χ1n) is 12.1. The van der Waals surface area contributed by atoms with Gasteiger partial charge in [0.25, 0.3) is 0 Å². The zero-order valence-electron chi connectivity index (χ0n) is 20.1. The molecule has 0 radical (unpaired) electrons. The minimum atomic E-state index is -1.21. The van der Waals surface area contributed by atoms with E-state index < -0.39 is 29.3 Å². The number of ether oxygens (including phenoxy) is 1. The van der Waals surface area contributed by atoms with Crippen molar-refractivity contribution in [3.8, 4) is 0 Å². The van der Waals surface area contributed by atoms with Gasteiger partial charge >= 0.3 is 0 Å². The van der Waals surface area contributed by atoms with Crippen molar-refractivity contribution in [3.05, 3.63) is 35.0 Å². The van der Waals surface area contributed by atoms with Crippen molar-refractivity contribution in [1.82, 2.24) is 19.5 Å². The van der Waals surface area contributed by atoms with Crippen molar-refractivity contribution < 1.29 is 22.7 Å². The molecular weight excluding hydrogens is 511 g/mol. The lowest BCUT2D eigenvalue weighted by molar-refractivity contribution is -0.128. The quantitative estimate of drug-likeness (QED) is 0.419. The second kappa shape index (κ2) is 9.97. The molecule has 198 valence electrons. The highest BCUT2D eigenvalue weighted by Crippen LogP contribution is 2.43. The number of carbonyl (C=O) groups excluding carboxylic acids is 1. The standard InChI is InChI=1S/C24H27ClF3N7O2/c1-24(21(29)36)5-2-13(3-6-24)35-20-18(10-30-22(34-20)31-17-4-7-37-11-16(17)28)32-23(35)33-19-14(25)8-12(26)9-15(19)27/h8-10,13,16-17H,2-7,11H2,1H3,(H2,29,36)(H,32,33)(H,30,31,34)/t13-,16-,17-,24+/m1/s1. The minimum Gasteiger partial charge on any atom is -0.378 e. The molecule has 1 aromatic carbocycles. The Morgan fingerprint density at radius 3 is 2.68 bits per heavy atom. The third-order valence-electron chi connectivity index (χ3n) is 7.30. The number of nitrogens with one attached hydrogen (secondary N) is 2. The molecule has 3 heterocycles. The van der Waals surface area contributed by atoms with Crippen molar-refractivity contribution in [2.75, 3.05) is 23.8 Å². The van der Waals surface area contributed by atoms with Crippen LogP contribution < -0.4 is 16.4 Å². The minimum absolute atomic E-state index is 0.00336. The van der Waals surface area contributed by atoms with E-state index in [4.69, 9.17) is 22.1 Å². The average molecular weight is 538 g/mol. The molecule has 9 nitrogen and oxygen atoms in total. The number of nitrogens with zero attached hydrogens (tertiary/aromatic N) is 4. The Hall–Kier alpha value is -3.12. The van der Waals surface area contributed by atoms with E-state index >= 15 is 0 Å². The summed E-state index contributed by atoms with van der Waals surface area (Å²) in [6.45, 7) is 2.27. The Kier molecular flexibility index (Phi) is 6.88. The molecule has 1 saturated carbocycles. The number of anilines is 3. The second-order valence-corrected chi connectivity index (χ2v) is 10.3. The van der Waals surface area contributed by atoms with Crippen molar-refractivity contribution in [2.24, 2.45) is 11.1 Å². The summed E-state index contributed by atoms with van der Waals surface area (Å²) in [7, 11) is 0. The summed E-state index contributed by atoms with van der Waals surface area (Å²) < 4.78 is 49.5. The Balaban J connectivity index is 1.54. The largest absolute Gasteiger partial charge is 0.378 e. The lowest BCUT2D eigenvalue weighted by atomic mass is 9.73. The summed E-state index contributed by atoms with van der Waals surface area (Å²) in [5.74, 6) is -1.59. The topological polar surface area (TPSA) is 120 Å². The Bertz CT molecular complexity index is 1310. The number of benzene rings is 1. The van der Waals surface area contributed by atoms with Crippen LogP contribution in [-0.2, 0) is 9.53 Å². The molecule has 3 aromatic rings. The number of rotatable bonds is 6. The molecule has 1 aliphatic carbocycles. The van der Waals surface area contributed by atoms with Gasteiger partial charge in [-0.2, -0.15) is 4.98 Å². The molecule has 5 rings (SSSR count). The van der Waals surface area contributed by atoms with Gasteiger partial charge in [-0.3, -0.25) is 9.36 Å².